The Hall–Kier alpha value is -2.55. The van der Waals surface area contributed by atoms with Crippen LogP contribution in [0.2, 0.25) is 0 Å². The lowest BCUT2D eigenvalue weighted by Crippen LogP contribution is -3.00. The van der Waals surface area contributed by atoms with Crippen molar-refractivity contribution in [3.8, 4) is 0 Å². The van der Waals surface area contributed by atoms with Crippen LogP contribution in [0.4, 0.5) is 5.82 Å². The van der Waals surface area contributed by atoms with Gasteiger partial charge < -0.3 is 27.5 Å². The number of nitrogen functional groups attached to an aromatic ring is 1. The summed E-state index contributed by atoms with van der Waals surface area (Å²) in [5.74, 6) is -2.65. The van der Waals surface area contributed by atoms with Crippen LogP contribution in [0.15, 0.2) is 24.3 Å². The Morgan fingerprint density at radius 1 is 1.26 bits per heavy atom. The molecule has 23 heavy (non-hydrogen) atoms. The smallest absolute Gasteiger partial charge is 0.378 e. The van der Waals surface area contributed by atoms with Gasteiger partial charge in [-0.25, -0.2) is 14.3 Å². The summed E-state index contributed by atoms with van der Waals surface area (Å²) in [6.07, 6.45) is 0. The lowest BCUT2D eigenvalue weighted by atomic mass is 10.2. The first kappa shape index (κ1) is 18.5. The van der Waals surface area contributed by atoms with Crippen LogP contribution in [0.3, 0.4) is 0 Å². The molecule has 1 amide bonds. The first-order valence-electron chi connectivity index (χ1n) is 6.53. The van der Waals surface area contributed by atoms with Crippen molar-refractivity contribution in [3.05, 3.63) is 30.0 Å². The minimum Gasteiger partial charge on any atom is -1.00 e. The van der Waals surface area contributed by atoms with Gasteiger partial charge in [0.05, 0.1) is 6.61 Å². The van der Waals surface area contributed by atoms with Crippen molar-refractivity contribution in [2.45, 2.75) is 13.5 Å². The number of ether oxygens (including phenoxy) is 1. The highest BCUT2D eigenvalue weighted by atomic mass is 79.9. The lowest BCUT2D eigenvalue weighted by Gasteiger charge is -2.08. The standard InChI is InChI=1S/C14H14N4O4.BrH/c1-2-22-14(21)10(19)7-18-9-6-4-3-5-8(9)17-11(12(18)15)13(16)20;/h3-6,15H,2,7H2,1H3,(H2,16,20);1H. The number of nitrogens with zero attached hydrogens (tertiary/aromatic N) is 2. The summed E-state index contributed by atoms with van der Waals surface area (Å²) in [5.41, 5.74) is 11.9. The van der Waals surface area contributed by atoms with E-state index in [4.69, 9.17) is 11.5 Å². The largest absolute Gasteiger partial charge is 1.00 e. The number of ketones is 1. The minimum atomic E-state index is -0.962. The highest BCUT2D eigenvalue weighted by Gasteiger charge is 2.26. The molecule has 1 aromatic heterocycles. The first-order chi connectivity index (χ1) is 10.5. The molecule has 4 N–H and O–H groups in total. The average molecular weight is 383 g/mol. The van der Waals surface area contributed by atoms with E-state index in [1.165, 1.54) is 4.57 Å². The van der Waals surface area contributed by atoms with Gasteiger partial charge in [-0.15, -0.1) is 0 Å². The van der Waals surface area contributed by atoms with Crippen molar-refractivity contribution < 1.29 is 40.7 Å². The summed E-state index contributed by atoms with van der Waals surface area (Å²) in [6.45, 7) is 1.32. The molecule has 0 aliphatic rings. The second-order valence-electron chi connectivity index (χ2n) is 4.43. The van der Waals surface area contributed by atoms with Crippen molar-refractivity contribution in [1.29, 1.82) is 0 Å². The SMILES string of the molecule is CCOC(=O)C(=O)C[n+]1c(N)c(C(N)=O)nc2ccccc21.[Br-]. The van der Waals surface area contributed by atoms with Gasteiger partial charge >= 0.3 is 11.8 Å². The number of rotatable bonds is 5. The van der Waals surface area contributed by atoms with Crippen LogP contribution in [-0.4, -0.2) is 29.3 Å². The molecule has 0 atom stereocenters. The van der Waals surface area contributed by atoms with E-state index in [9.17, 15) is 14.4 Å². The van der Waals surface area contributed by atoms with E-state index in [1.807, 2.05) is 0 Å². The maximum absolute atomic E-state index is 11.9. The number of fused-ring (bicyclic) bond motifs is 1. The Balaban J connectivity index is 0.00000264. The quantitative estimate of drug-likeness (QED) is 0.311. The fourth-order valence-corrected chi connectivity index (χ4v) is 1.99. The van der Waals surface area contributed by atoms with Crippen molar-refractivity contribution in [1.82, 2.24) is 4.98 Å². The first-order valence-corrected chi connectivity index (χ1v) is 6.53. The van der Waals surface area contributed by atoms with Crippen LogP contribution in [0.5, 0.6) is 0 Å². The number of para-hydroxylation sites is 2. The Labute approximate surface area is 142 Å². The van der Waals surface area contributed by atoms with Gasteiger partial charge in [0.25, 0.3) is 11.7 Å². The van der Waals surface area contributed by atoms with E-state index in [2.05, 4.69) is 9.72 Å². The molecule has 0 radical (unpaired) electrons. The van der Waals surface area contributed by atoms with Gasteiger partial charge in [0.1, 0.15) is 5.52 Å². The molecular weight excluding hydrogens is 368 g/mol. The summed E-state index contributed by atoms with van der Waals surface area (Å²) in [6, 6.07) is 6.75. The predicted molar refractivity (Wildman–Crippen MR) is 76.5 cm³/mol. The highest BCUT2D eigenvalue weighted by molar-refractivity contribution is 6.33. The van der Waals surface area contributed by atoms with Gasteiger partial charge in [-0.1, -0.05) is 12.1 Å². The molecule has 0 bridgehead atoms. The Kier molecular flexibility index (Phi) is 6.14. The van der Waals surface area contributed by atoms with E-state index < -0.39 is 17.7 Å². The number of anilines is 1. The summed E-state index contributed by atoms with van der Waals surface area (Å²) in [7, 11) is 0. The summed E-state index contributed by atoms with van der Waals surface area (Å²) >= 11 is 0. The van der Waals surface area contributed by atoms with E-state index in [1.54, 1.807) is 31.2 Å². The number of carbonyl (C=O) groups is 3. The molecular formula is C14H15BrN4O4. The van der Waals surface area contributed by atoms with Gasteiger partial charge in [-0.2, -0.15) is 0 Å². The van der Waals surface area contributed by atoms with Crippen LogP contribution in [0.1, 0.15) is 17.4 Å². The van der Waals surface area contributed by atoms with Gasteiger partial charge in [0, 0.05) is 0 Å². The molecule has 1 aromatic carbocycles. The molecule has 0 aliphatic carbocycles. The molecule has 1 heterocycles. The second-order valence-corrected chi connectivity index (χ2v) is 4.43. The van der Waals surface area contributed by atoms with Crippen molar-refractivity contribution in [2.75, 3.05) is 12.3 Å². The number of primary amides is 1. The van der Waals surface area contributed by atoms with E-state index >= 15 is 0 Å². The van der Waals surface area contributed by atoms with Crippen LogP contribution < -0.4 is 33.0 Å². The number of hydrogen-bond acceptors (Lipinski definition) is 6. The number of carbonyl (C=O) groups excluding carboxylic acids is 3. The Morgan fingerprint density at radius 2 is 1.91 bits per heavy atom. The zero-order valence-corrected chi connectivity index (χ0v) is 13.9. The van der Waals surface area contributed by atoms with Gasteiger partial charge in [-0.05, 0) is 19.1 Å². The number of amides is 1. The zero-order valence-electron chi connectivity index (χ0n) is 12.3. The number of benzene rings is 1. The second kappa shape index (κ2) is 7.63. The molecule has 0 aliphatic heterocycles. The van der Waals surface area contributed by atoms with Crippen molar-refractivity contribution in [2.24, 2.45) is 5.73 Å². The molecule has 0 unspecified atom stereocenters. The molecule has 8 nitrogen and oxygen atoms in total. The normalized spacial score (nSPS) is 9.96. The monoisotopic (exact) mass is 382 g/mol. The van der Waals surface area contributed by atoms with Crippen LogP contribution in [0, 0.1) is 0 Å². The number of Topliss-reactive ketones (excluding diaryl/α,β-unsaturated/α-hetero) is 1. The highest BCUT2D eigenvalue weighted by Crippen LogP contribution is 2.12. The number of halogens is 1. The number of esters is 1. The van der Waals surface area contributed by atoms with E-state index in [0.29, 0.717) is 11.0 Å². The summed E-state index contributed by atoms with van der Waals surface area (Å²) in [5, 5.41) is 0. The van der Waals surface area contributed by atoms with Gasteiger partial charge in [-0.3, -0.25) is 15.3 Å². The number of nitrogens with two attached hydrogens (primary N) is 2. The maximum Gasteiger partial charge on any atom is 0.378 e. The third kappa shape index (κ3) is 3.81. The summed E-state index contributed by atoms with van der Waals surface area (Å²) < 4.78 is 5.98. The van der Waals surface area contributed by atoms with Crippen molar-refractivity contribution in [3.63, 3.8) is 0 Å². The maximum atomic E-state index is 11.9. The zero-order chi connectivity index (χ0) is 16.3. The van der Waals surface area contributed by atoms with Crippen molar-refractivity contribution >= 4 is 34.5 Å². The van der Waals surface area contributed by atoms with Crippen LogP contribution >= 0.6 is 0 Å². The Morgan fingerprint density at radius 3 is 2.52 bits per heavy atom. The third-order valence-corrected chi connectivity index (χ3v) is 2.98. The van der Waals surface area contributed by atoms with Crippen LogP contribution in [0.25, 0.3) is 11.0 Å². The predicted octanol–water partition coefficient (Wildman–Crippen LogP) is -3.66. The molecule has 2 rings (SSSR count). The fraction of sp³-hybridized carbons (Fsp3) is 0.214. The molecule has 0 saturated heterocycles. The summed E-state index contributed by atoms with van der Waals surface area (Å²) in [4.78, 5) is 38.9. The van der Waals surface area contributed by atoms with Crippen LogP contribution in [-0.2, 0) is 20.9 Å². The minimum absolute atomic E-state index is 0. The molecule has 0 spiro atoms. The molecule has 0 fully saturated rings. The molecule has 0 saturated carbocycles. The fourth-order valence-electron chi connectivity index (χ4n) is 1.99. The topological polar surface area (TPSA) is 129 Å². The average Bonchev–Trinajstić information content (AvgIpc) is 2.49. The Bertz CT molecular complexity index is 779. The molecule has 9 heteroatoms. The van der Waals surface area contributed by atoms with Gasteiger partial charge in [0.15, 0.2) is 12.1 Å². The molecule has 122 valence electrons. The lowest BCUT2D eigenvalue weighted by molar-refractivity contribution is -0.643. The number of aromatic nitrogens is 2. The van der Waals surface area contributed by atoms with Gasteiger partial charge in [0.2, 0.25) is 5.69 Å². The van der Waals surface area contributed by atoms with E-state index in [0.717, 1.165) is 0 Å². The van der Waals surface area contributed by atoms with E-state index in [-0.39, 0.29) is 41.6 Å². The number of hydrogen-bond donors (Lipinski definition) is 2. The molecule has 2 aromatic rings. The third-order valence-electron chi connectivity index (χ3n) is 2.98.